The van der Waals surface area contributed by atoms with E-state index >= 15 is 0 Å². The van der Waals surface area contributed by atoms with Crippen molar-refractivity contribution in [3.05, 3.63) is 65.7 Å². The SMILES string of the molecule is N#Cc1ccc(OCC(=O)N2CCC(C(O)c3ccccc3)CC2)cc1. The van der Waals surface area contributed by atoms with Gasteiger partial charge in [-0.25, -0.2) is 0 Å². The lowest BCUT2D eigenvalue weighted by atomic mass is 9.87. The maximum Gasteiger partial charge on any atom is 0.260 e. The highest BCUT2D eigenvalue weighted by molar-refractivity contribution is 5.77. The summed E-state index contributed by atoms with van der Waals surface area (Å²) >= 11 is 0. The van der Waals surface area contributed by atoms with E-state index < -0.39 is 6.10 Å². The fourth-order valence-electron chi connectivity index (χ4n) is 3.25. The van der Waals surface area contributed by atoms with Crippen LogP contribution in [0.5, 0.6) is 5.75 Å². The van der Waals surface area contributed by atoms with E-state index in [9.17, 15) is 9.90 Å². The zero-order chi connectivity index (χ0) is 18.4. The summed E-state index contributed by atoms with van der Waals surface area (Å²) in [6.45, 7) is 1.24. The highest BCUT2D eigenvalue weighted by Crippen LogP contribution is 2.30. The Balaban J connectivity index is 1.46. The van der Waals surface area contributed by atoms with Crippen molar-refractivity contribution in [2.45, 2.75) is 18.9 Å². The van der Waals surface area contributed by atoms with Crippen LogP contribution in [0.4, 0.5) is 0 Å². The molecule has 1 heterocycles. The number of piperidine rings is 1. The predicted octanol–water partition coefficient (Wildman–Crippen LogP) is 2.91. The second-order valence-electron chi connectivity index (χ2n) is 6.50. The fraction of sp³-hybridized carbons (Fsp3) is 0.333. The molecule has 1 saturated heterocycles. The van der Waals surface area contributed by atoms with Crippen molar-refractivity contribution >= 4 is 5.91 Å². The first-order chi connectivity index (χ1) is 12.7. The van der Waals surface area contributed by atoms with E-state index in [-0.39, 0.29) is 18.4 Å². The van der Waals surface area contributed by atoms with Crippen molar-refractivity contribution in [2.75, 3.05) is 19.7 Å². The summed E-state index contributed by atoms with van der Waals surface area (Å²) in [5.74, 6) is 0.689. The van der Waals surface area contributed by atoms with E-state index in [0.717, 1.165) is 18.4 Å². The number of nitriles is 1. The van der Waals surface area contributed by atoms with Gasteiger partial charge in [0.15, 0.2) is 6.61 Å². The lowest BCUT2D eigenvalue weighted by Gasteiger charge is -2.34. The molecular weight excluding hydrogens is 328 g/mol. The van der Waals surface area contributed by atoms with Crippen molar-refractivity contribution in [3.63, 3.8) is 0 Å². The maximum absolute atomic E-state index is 12.3. The smallest absolute Gasteiger partial charge is 0.260 e. The molecule has 1 atom stereocenters. The van der Waals surface area contributed by atoms with Crippen LogP contribution in [-0.4, -0.2) is 35.6 Å². The van der Waals surface area contributed by atoms with Crippen LogP contribution in [0.2, 0.25) is 0 Å². The number of aliphatic hydroxyl groups excluding tert-OH is 1. The van der Waals surface area contributed by atoms with Gasteiger partial charge >= 0.3 is 0 Å². The molecule has 1 aliphatic heterocycles. The summed E-state index contributed by atoms with van der Waals surface area (Å²) in [7, 11) is 0. The molecule has 1 aliphatic rings. The van der Waals surface area contributed by atoms with Gasteiger partial charge in [-0.3, -0.25) is 4.79 Å². The number of likely N-dealkylation sites (tertiary alicyclic amines) is 1. The highest BCUT2D eigenvalue weighted by Gasteiger charge is 2.28. The first-order valence-electron chi connectivity index (χ1n) is 8.81. The Bertz CT molecular complexity index is 760. The van der Waals surface area contributed by atoms with Gasteiger partial charge in [-0.1, -0.05) is 30.3 Å². The van der Waals surface area contributed by atoms with Crippen molar-refractivity contribution in [3.8, 4) is 11.8 Å². The van der Waals surface area contributed by atoms with Gasteiger partial charge in [-0.15, -0.1) is 0 Å². The summed E-state index contributed by atoms with van der Waals surface area (Å²) in [5, 5.41) is 19.3. The molecule has 1 unspecified atom stereocenters. The molecule has 0 aromatic heterocycles. The molecule has 1 amide bonds. The lowest BCUT2D eigenvalue weighted by Crippen LogP contribution is -2.42. The van der Waals surface area contributed by atoms with Crippen LogP contribution in [0, 0.1) is 17.2 Å². The summed E-state index contributed by atoms with van der Waals surface area (Å²) < 4.78 is 5.51. The summed E-state index contributed by atoms with van der Waals surface area (Å²) in [5.41, 5.74) is 1.49. The number of amides is 1. The van der Waals surface area contributed by atoms with Crippen LogP contribution in [0.25, 0.3) is 0 Å². The molecular formula is C21H22N2O3. The van der Waals surface area contributed by atoms with Gasteiger partial charge < -0.3 is 14.7 Å². The van der Waals surface area contributed by atoms with Gasteiger partial charge in [-0.05, 0) is 48.6 Å². The Morgan fingerprint density at radius 1 is 1.15 bits per heavy atom. The predicted molar refractivity (Wildman–Crippen MR) is 97.4 cm³/mol. The third-order valence-electron chi connectivity index (χ3n) is 4.83. The molecule has 3 rings (SSSR count). The molecule has 0 aliphatic carbocycles. The minimum atomic E-state index is -0.483. The first-order valence-corrected chi connectivity index (χ1v) is 8.81. The van der Waals surface area contributed by atoms with Crippen LogP contribution in [-0.2, 0) is 4.79 Å². The topological polar surface area (TPSA) is 73.6 Å². The molecule has 5 nitrogen and oxygen atoms in total. The fourth-order valence-corrected chi connectivity index (χ4v) is 3.25. The number of carbonyl (C=O) groups excluding carboxylic acids is 1. The Morgan fingerprint density at radius 2 is 1.81 bits per heavy atom. The minimum absolute atomic E-state index is 0.0161. The van der Waals surface area contributed by atoms with Crippen LogP contribution in [0.1, 0.15) is 30.1 Å². The molecule has 2 aromatic carbocycles. The van der Waals surface area contributed by atoms with Gasteiger partial charge in [0.25, 0.3) is 5.91 Å². The quantitative estimate of drug-likeness (QED) is 0.900. The van der Waals surface area contributed by atoms with E-state index in [4.69, 9.17) is 10.00 Å². The largest absolute Gasteiger partial charge is 0.484 e. The van der Waals surface area contributed by atoms with E-state index in [0.29, 0.717) is 24.4 Å². The zero-order valence-electron chi connectivity index (χ0n) is 14.5. The second-order valence-corrected chi connectivity index (χ2v) is 6.50. The average Bonchev–Trinajstić information content (AvgIpc) is 2.72. The van der Waals surface area contributed by atoms with Gasteiger partial charge in [0, 0.05) is 13.1 Å². The molecule has 0 saturated carbocycles. The molecule has 1 N–H and O–H groups in total. The number of rotatable bonds is 5. The van der Waals surface area contributed by atoms with Crippen molar-refractivity contribution < 1.29 is 14.6 Å². The standard InChI is InChI=1S/C21H22N2O3/c22-14-16-6-8-19(9-7-16)26-15-20(24)23-12-10-18(11-13-23)21(25)17-4-2-1-3-5-17/h1-9,18,21,25H,10-13,15H2. The van der Waals surface area contributed by atoms with Crippen LogP contribution < -0.4 is 4.74 Å². The normalized spacial score (nSPS) is 15.9. The molecule has 1 fully saturated rings. The molecule has 2 aromatic rings. The Hall–Kier alpha value is -2.84. The molecule has 26 heavy (non-hydrogen) atoms. The molecule has 5 heteroatoms. The van der Waals surface area contributed by atoms with Crippen LogP contribution >= 0.6 is 0 Å². The van der Waals surface area contributed by atoms with E-state index in [1.807, 2.05) is 36.4 Å². The third kappa shape index (κ3) is 4.41. The van der Waals surface area contributed by atoms with Crippen molar-refractivity contribution in [2.24, 2.45) is 5.92 Å². The van der Waals surface area contributed by atoms with E-state index in [1.165, 1.54) is 0 Å². The number of hydrogen-bond donors (Lipinski definition) is 1. The highest BCUT2D eigenvalue weighted by atomic mass is 16.5. The zero-order valence-corrected chi connectivity index (χ0v) is 14.5. The summed E-state index contributed by atoms with van der Waals surface area (Å²) in [4.78, 5) is 14.1. The van der Waals surface area contributed by atoms with Gasteiger partial charge in [0.2, 0.25) is 0 Å². The molecule has 134 valence electrons. The Kier molecular flexibility index (Phi) is 5.88. The summed E-state index contributed by atoms with van der Waals surface area (Å²) in [6.07, 6.45) is 1.07. The van der Waals surface area contributed by atoms with Gasteiger partial charge in [0.1, 0.15) is 5.75 Å². The number of nitrogens with zero attached hydrogens (tertiary/aromatic N) is 2. The van der Waals surface area contributed by atoms with Crippen LogP contribution in [0.15, 0.2) is 54.6 Å². The molecule has 0 spiro atoms. The molecule has 0 radical (unpaired) electrons. The van der Waals surface area contributed by atoms with Crippen molar-refractivity contribution in [1.82, 2.24) is 4.90 Å². The van der Waals surface area contributed by atoms with Gasteiger partial charge in [-0.2, -0.15) is 5.26 Å². The van der Waals surface area contributed by atoms with Crippen molar-refractivity contribution in [1.29, 1.82) is 5.26 Å². The Labute approximate surface area is 153 Å². The third-order valence-corrected chi connectivity index (χ3v) is 4.83. The number of carbonyl (C=O) groups is 1. The Morgan fingerprint density at radius 3 is 2.42 bits per heavy atom. The summed E-state index contributed by atoms with van der Waals surface area (Å²) in [6, 6.07) is 18.4. The monoisotopic (exact) mass is 350 g/mol. The number of benzene rings is 2. The second kappa shape index (κ2) is 8.50. The lowest BCUT2D eigenvalue weighted by molar-refractivity contribution is -0.135. The number of hydrogen-bond acceptors (Lipinski definition) is 4. The molecule has 0 bridgehead atoms. The van der Waals surface area contributed by atoms with Crippen LogP contribution in [0.3, 0.4) is 0 Å². The minimum Gasteiger partial charge on any atom is -0.484 e. The number of aliphatic hydroxyl groups is 1. The van der Waals surface area contributed by atoms with E-state index in [2.05, 4.69) is 0 Å². The van der Waals surface area contributed by atoms with Gasteiger partial charge in [0.05, 0.1) is 17.7 Å². The average molecular weight is 350 g/mol. The maximum atomic E-state index is 12.3. The first kappa shape index (κ1) is 18.0. The van der Waals surface area contributed by atoms with E-state index in [1.54, 1.807) is 29.2 Å². The number of ether oxygens (including phenoxy) is 1.